The maximum atomic E-state index is 11.9. The van der Waals surface area contributed by atoms with Crippen molar-refractivity contribution >= 4 is 15.9 Å². The van der Waals surface area contributed by atoms with E-state index in [2.05, 4.69) is 39.8 Å². The van der Waals surface area contributed by atoms with E-state index < -0.39 is 9.84 Å². The van der Waals surface area contributed by atoms with Crippen LogP contribution in [0.1, 0.15) is 11.1 Å². The second-order valence-corrected chi connectivity index (χ2v) is 9.09. The summed E-state index contributed by atoms with van der Waals surface area (Å²) in [5, 5.41) is 5.34. The third-order valence-electron chi connectivity index (χ3n) is 3.98. The topological polar surface area (TPSA) is 78.5 Å². The highest BCUT2D eigenvalue weighted by Gasteiger charge is 2.08. The van der Waals surface area contributed by atoms with Crippen molar-refractivity contribution < 1.29 is 13.2 Å². The Labute approximate surface area is 161 Å². The number of sulfone groups is 1. The molecule has 146 valence electrons. The number of benzene rings is 2. The van der Waals surface area contributed by atoms with Crippen molar-refractivity contribution in [3.8, 4) is 11.1 Å². The van der Waals surface area contributed by atoms with Crippen LogP contribution in [0.3, 0.4) is 0 Å². The molecule has 27 heavy (non-hydrogen) atoms. The Bertz CT molecular complexity index is 862. The summed E-state index contributed by atoms with van der Waals surface area (Å²) in [7, 11) is 0.989. The maximum absolute atomic E-state index is 11.9. The molecule has 0 spiro atoms. The largest absolute Gasteiger partial charge is 0.337 e. The molecule has 7 heteroatoms. The van der Waals surface area contributed by atoms with Gasteiger partial charge in [-0.05, 0) is 36.3 Å². The third kappa shape index (κ3) is 7.40. The predicted molar refractivity (Wildman–Crippen MR) is 109 cm³/mol. The van der Waals surface area contributed by atoms with Gasteiger partial charge in [-0.1, -0.05) is 48.5 Å². The average molecular weight is 390 g/mol. The number of rotatable bonds is 8. The highest BCUT2D eigenvalue weighted by molar-refractivity contribution is 7.90. The van der Waals surface area contributed by atoms with Crippen LogP contribution in [0.5, 0.6) is 0 Å². The van der Waals surface area contributed by atoms with E-state index in [0.29, 0.717) is 6.54 Å². The molecule has 2 amide bonds. The Morgan fingerprint density at radius 1 is 1.00 bits per heavy atom. The van der Waals surface area contributed by atoms with Gasteiger partial charge in [0.25, 0.3) is 0 Å². The van der Waals surface area contributed by atoms with Gasteiger partial charge in [-0.25, -0.2) is 13.2 Å². The zero-order valence-corrected chi connectivity index (χ0v) is 16.8. The number of hydrogen-bond donors (Lipinski definition) is 2. The molecule has 0 saturated carbocycles. The van der Waals surface area contributed by atoms with Gasteiger partial charge in [-0.2, -0.15) is 0 Å². The predicted octanol–water partition coefficient (Wildman–Crippen LogP) is 2.26. The number of amides is 2. The fraction of sp³-hybridized carbons (Fsp3) is 0.350. The van der Waals surface area contributed by atoms with Crippen LogP contribution in [-0.4, -0.2) is 52.0 Å². The molecule has 2 rings (SSSR count). The van der Waals surface area contributed by atoms with Crippen molar-refractivity contribution in [3.63, 3.8) is 0 Å². The number of nitrogens with zero attached hydrogens (tertiary/aromatic N) is 1. The van der Waals surface area contributed by atoms with E-state index in [9.17, 15) is 13.2 Å². The van der Waals surface area contributed by atoms with Crippen LogP contribution < -0.4 is 10.6 Å². The summed E-state index contributed by atoms with van der Waals surface area (Å²) in [5.41, 5.74) is 4.39. The van der Waals surface area contributed by atoms with Crippen molar-refractivity contribution in [1.82, 2.24) is 15.5 Å². The zero-order valence-electron chi connectivity index (χ0n) is 16.0. The fourth-order valence-corrected chi connectivity index (χ4v) is 3.17. The minimum atomic E-state index is -3.09. The minimum absolute atomic E-state index is 0.0731. The van der Waals surface area contributed by atoms with Crippen LogP contribution >= 0.6 is 0 Å². The highest BCUT2D eigenvalue weighted by Crippen LogP contribution is 2.24. The second kappa shape index (κ2) is 9.53. The van der Waals surface area contributed by atoms with Gasteiger partial charge >= 0.3 is 6.03 Å². The molecule has 0 aliphatic rings. The lowest BCUT2D eigenvalue weighted by Crippen LogP contribution is -2.37. The second-order valence-electron chi connectivity index (χ2n) is 6.83. The summed E-state index contributed by atoms with van der Waals surface area (Å²) in [4.78, 5) is 14.0. The Morgan fingerprint density at radius 2 is 1.67 bits per heavy atom. The Hall–Kier alpha value is -2.38. The van der Waals surface area contributed by atoms with E-state index in [1.54, 1.807) is 0 Å². The number of carbonyl (C=O) groups is 1. The molecule has 6 nitrogen and oxygen atoms in total. The van der Waals surface area contributed by atoms with E-state index in [-0.39, 0.29) is 18.3 Å². The molecule has 0 fully saturated rings. The molecule has 2 N–H and O–H groups in total. The van der Waals surface area contributed by atoms with E-state index in [1.807, 2.05) is 38.4 Å². The lowest BCUT2D eigenvalue weighted by molar-refractivity contribution is 0.241. The van der Waals surface area contributed by atoms with Crippen LogP contribution in [0.4, 0.5) is 4.79 Å². The lowest BCUT2D eigenvalue weighted by Gasteiger charge is -2.13. The summed E-state index contributed by atoms with van der Waals surface area (Å²) < 4.78 is 22.2. The SMILES string of the molecule is CN(C)Cc1ccc(-c2ccccc2CNC(=O)NCCS(C)(=O)=O)cc1. The maximum Gasteiger partial charge on any atom is 0.315 e. The van der Waals surface area contributed by atoms with Gasteiger partial charge in [0.05, 0.1) is 5.75 Å². The van der Waals surface area contributed by atoms with Crippen molar-refractivity contribution in [3.05, 3.63) is 59.7 Å². The lowest BCUT2D eigenvalue weighted by atomic mass is 9.98. The first-order valence-corrected chi connectivity index (χ1v) is 10.8. The molecule has 0 saturated heterocycles. The molecule has 0 aliphatic carbocycles. The van der Waals surface area contributed by atoms with Gasteiger partial charge in [0, 0.05) is 25.9 Å². The van der Waals surface area contributed by atoms with Crippen LogP contribution in [-0.2, 0) is 22.9 Å². The molecule has 0 unspecified atom stereocenters. The highest BCUT2D eigenvalue weighted by atomic mass is 32.2. The smallest absolute Gasteiger partial charge is 0.315 e. The molecular weight excluding hydrogens is 362 g/mol. The number of hydrogen-bond acceptors (Lipinski definition) is 4. The monoisotopic (exact) mass is 389 g/mol. The van der Waals surface area contributed by atoms with Crippen molar-refractivity contribution in [2.24, 2.45) is 0 Å². The van der Waals surface area contributed by atoms with Crippen LogP contribution in [0.2, 0.25) is 0 Å². The summed E-state index contributed by atoms with van der Waals surface area (Å²) in [6.45, 7) is 1.34. The van der Waals surface area contributed by atoms with E-state index in [4.69, 9.17) is 0 Å². The molecule has 0 atom stereocenters. The fourth-order valence-electron chi connectivity index (χ4n) is 2.70. The van der Waals surface area contributed by atoms with E-state index in [1.165, 1.54) is 5.56 Å². The number of urea groups is 1. The standard InChI is InChI=1S/C20H27N3O3S/c1-23(2)15-16-8-10-17(11-9-16)19-7-5-4-6-18(19)14-22-20(24)21-12-13-27(3,25)26/h4-11H,12-15H2,1-3H3,(H2,21,22,24). The first-order valence-electron chi connectivity index (χ1n) is 8.76. The third-order valence-corrected chi connectivity index (χ3v) is 4.92. The van der Waals surface area contributed by atoms with Gasteiger partial charge in [0.1, 0.15) is 9.84 Å². The van der Waals surface area contributed by atoms with Gasteiger partial charge < -0.3 is 15.5 Å². The molecule has 0 aliphatic heterocycles. The van der Waals surface area contributed by atoms with Gasteiger partial charge in [0.2, 0.25) is 0 Å². The Kier molecular flexibility index (Phi) is 7.38. The summed E-state index contributed by atoms with van der Waals surface area (Å²) >= 11 is 0. The summed E-state index contributed by atoms with van der Waals surface area (Å²) in [6.07, 6.45) is 1.15. The van der Waals surface area contributed by atoms with Crippen molar-refractivity contribution in [2.75, 3.05) is 32.6 Å². The van der Waals surface area contributed by atoms with Crippen molar-refractivity contribution in [1.29, 1.82) is 0 Å². The Morgan fingerprint density at radius 3 is 2.30 bits per heavy atom. The zero-order chi connectivity index (χ0) is 19.9. The van der Waals surface area contributed by atoms with E-state index in [0.717, 1.165) is 29.5 Å². The van der Waals surface area contributed by atoms with Crippen LogP contribution in [0.25, 0.3) is 11.1 Å². The van der Waals surface area contributed by atoms with Crippen LogP contribution in [0, 0.1) is 0 Å². The first-order chi connectivity index (χ1) is 12.7. The quantitative estimate of drug-likeness (QED) is 0.726. The molecule has 2 aromatic rings. The molecule has 0 aromatic heterocycles. The molecule has 0 heterocycles. The Balaban J connectivity index is 2.00. The normalized spacial score (nSPS) is 11.4. The van der Waals surface area contributed by atoms with Gasteiger partial charge in [-0.15, -0.1) is 0 Å². The molecular formula is C20H27N3O3S. The molecule has 0 radical (unpaired) electrons. The molecule has 2 aromatic carbocycles. The van der Waals surface area contributed by atoms with Gasteiger partial charge in [0.15, 0.2) is 0 Å². The first kappa shape index (κ1) is 20.9. The van der Waals surface area contributed by atoms with Gasteiger partial charge in [-0.3, -0.25) is 0 Å². The molecule has 0 bridgehead atoms. The summed E-state index contributed by atoms with van der Waals surface area (Å²) in [6, 6.07) is 15.9. The number of carbonyl (C=O) groups excluding carboxylic acids is 1. The van der Waals surface area contributed by atoms with E-state index >= 15 is 0 Å². The minimum Gasteiger partial charge on any atom is -0.337 e. The summed E-state index contributed by atoms with van der Waals surface area (Å²) in [5.74, 6) is -0.0731. The van der Waals surface area contributed by atoms with Crippen molar-refractivity contribution in [2.45, 2.75) is 13.1 Å². The number of nitrogens with one attached hydrogen (secondary N) is 2. The van der Waals surface area contributed by atoms with Crippen LogP contribution in [0.15, 0.2) is 48.5 Å². The average Bonchev–Trinajstić information content (AvgIpc) is 2.59.